The Bertz CT molecular complexity index is 909. The molecule has 0 amide bonds. The molecule has 1 aliphatic rings. The fourth-order valence-corrected chi connectivity index (χ4v) is 3.85. The molecular formula is C19H24O11S. The molecule has 11 nitrogen and oxygen atoms in total. The predicted octanol–water partition coefficient (Wildman–Crippen LogP) is 0.213. The molecule has 1 N–H and O–H groups in total. The quantitative estimate of drug-likeness (QED) is 0.338. The molecule has 0 spiro atoms. The zero-order valence-corrected chi connectivity index (χ0v) is 18.2. The molecule has 0 aliphatic carbocycles. The van der Waals surface area contributed by atoms with Gasteiger partial charge in [-0.3, -0.25) is 18.6 Å². The normalized spacial score (nSPS) is 26.0. The van der Waals surface area contributed by atoms with Crippen molar-refractivity contribution < 1.29 is 51.0 Å². The van der Waals surface area contributed by atoms with E-state index >= 15 is 0 Å². The number of ether oxygens (including phenoxy) is 4. The summed E-state index contributed by atoms with van der Waals surface area (Å²) in [5.41, 5.74) is 0.841. The Balaban J connectivity index is 2.29. The van der Waals surface area contributed by atoms with Gasteiger partial charge in [0.15, 0.2) is 24.6 Å². The Kier molecular flexibility index (Phi) is 8.12. The van der Waals surface area contributed by atoms with Crippen LogP contribution in [0.2, 0.25) is 0 Å². The topological polar surface area (TPSA) is 152 Å². The number of rotatable bonds is 7. The van der Waals surface area contributed by atoms with E-state index in [0.717, 1.165) is 26.3 Å². The lowest BCUT2D eigenvalue weighted by atomic mass is 9.98. The average Bonchev–Trinajstić information content (AvgIpc) is 2.65. The van der Waals surface area contributed by atoms with Crippen LogP contribution in [0.4, 0.5) is 0 Å². The molecule has 31 heavy (non-hydrogen) atoms. The Morgan fingerprint density at radius 2 is 1.39 bits per heavy atom. The summed E-state index contributed by atoms with van der Waals surface area (Å²) in [7, 11) is -4.21. The van der Waals surface area contributed by atoms with Crippen LogP contribution in [0.15, 0.2) is 29.2 Å². The lowest BCUT2D eigenvalue weighted by molar-refractivity contribution is -0.294. The zero-order valence-electron chi connectivity index (χ0n) is 17.3. The molecule has 12 heteroatoms. The number of hydrogen-bond acceptors (Lipinski definition) is 11. The number of carbonyl (C=O) groups excluding carboxylic acids is 3. The Labute approximate surface area is 179 Å². The number of aliphatic hydroxyl groups is 1. The van der Waals surface area contributed by atoms with Crippen LogP contribution in [-0.4, -0.2) is 68.7 Å². The van der Waals surface area contributed by atoms with Crippen LogP contribution in [0.25, 0.3) is 0 Å². The summed E-state index contributed by atoms with van der Waals surface area (Å²) < 4.78 is 50.5. The second-order valence-electron chi connectivity index (χ2n) is 6.84. The van der Waals surface area contributed by atoms with Gasteiger partial charge in [0.25, 0.3) is 10.1 Å². The number of carbonyl (C=O) groups is 3. The standard InChI is InChI=1S/C19H24O11S/c1-10-5-7-14(8-6-10)31(24,25)26-9-15-16(27-11(2)20)17(28-12(3)21)18(19(23)30-15)29-13(4)22/h5-8,15-19,23H,9H2,1-4H3/t15-,16+,17+,18-,19+/m1/s1. The first kappa shape index (κ1) is 24.7. The highest BCUT2D eigenvalue weighted by atomic mass is 32.2. The molecule has 0 aromatic heterocycles. The van der Waals surface area contributed by atoms with Crippen molar-refractivity contribution in [1.29, 1.82) is 0 Å². The third-order valence-electron chi connectivity index (χ3n) is 4.21. The van der Waals surface area contributed by atoms with E-state index in [4.69, 9.17) is 23.1 Å². The lowest BCUT2D eigenvalue weighted by Gasteiger charge is -2.42. The monoisotopic (exact) mass is 460 g/mol. The highest BCUT2D eigenvalue weighted by molar-refractivity contribution is 7.86. The van der Waals surface area contributed by atoms with E-state index in [1.54, 1.807) is 19.1 Å². The average molecular weight is 460 g/mol. The highest BCUT2D eigenvalue weighted by Crippen LogP contribution is 2.29. The Morgan fingerprint density at radius 1 is 0.903 bits per heavy atom. The van der Waals surface area contributed by atoms with Gasteiger partial charge in [-0.05, 0) is 19.1 Å². The van der Waals surface area contributed by atoms with Crippen molar-refractivity contribution in [3.8, 4) is 0 Å². The first-order valence-electron chi connectivity index (χ1n) is 9.22. The van der Waals surface area contributed by atoms with E-state index in [2.05, 4.69) is 0 Å². The molecule has 0 radical (unpaired) electrons. The zero-order chi connectivity index (χ0) is 23.3. The van der Waals surface area contributed by atoms with Gasteiger partial charge in [0, 0.05) is 20.8 Å². The van der Waals surface area contributed by atoms with Gasteiger partial charge in [0.1, 0.15) is 6.10 Å². The van der Waals surface area contributed by atoms with Gasteiger partial charge in [-0.1, -0.05) is 17.7 Å². The summed E-state index contributed by atoms with van der Waals surface area (Å²) in [5, 5.41) is 10.3. The van der Waals surface area contributed by atoms with Gasteiger partial charge in [-0.15, -0.1) is 0 Å². The van der Waals surface area contributed by atoms with Crippen LogP contribution < -0.4 is 0 Å². The number of aryl methyl sites for hydroxylation is 1. The summed E-state index contributed by atoms with van der Waals surface area (Å²) in [4.78, 5) is 34.4. The maximum Gasteiger partial charge on any atom is 0.303 e. The summed E-state index contributed by atoms with van der Waals surface area (Å²) in [6.45, 7) is 4.28. The van der Waals surface area contributed by atoms with E-state index in [1.807, 2.05) is 0 Å². The molecule has 2 rings (SSSR count). The fraction of sp³-hybridized carbons (Fsp3) is 0.526. The molecule has 1 aromatic rings. The first-order valence-corrected chi connectivity index (χ1v) is 10.6. The van der Waals surface area contributed by atoms with E-state index in [-0.39, 0.29) is 4.90 Å². The number of hydrogen-bond donors (Lipinski definition) is 1. The minimum Gasteiger partial charge on any atom is -0.456 e. The van der Waals surface area contributed by atoms with Crippen molar-refractivity contribution in [3.63, 3.8) is 0 Å². The summed E-state index contributed by atoms with van der Waals surface area (Å²) in [6.07, 6.45) is -7.59. The largest absolute Gasteiger partial charge is 0.456 e. The van der Waals surface area contributed by atoms with Crippen LogP contribution in [-0.2, 0) is 47.6 Å². The molecule has 0 saturated carbocycles. The smallest absolute Gasteiger partial charge is 0.303 e. The van der Waals surface area contributed by atoms with Gasteiger partial charge in [-0.25, -0.2) is 0 Å². The molecule has 1 fully saturated rings. The maximum absolute atomic E-state index is 12.5. The van der Waals surface area contributed by atoms with Gasteiger partial charge in [0.05, 0.1) is 11.5 Å². The minimum absolute atomic E-state index is 0.118. The molecule has 0 bridgehead atoms. The molecule has 0 unspecified atom stereocenters. The van der Waals surface area contributed by atoms with Crippen molar-refractivity contribution in [2.45, 2.75) is 63.3 Å². The van der Waals surface area contributed by atoms with E-state index in [9.17, 15) is 27.9 Å². The Morgan fingerprint density at radius 3 is 1.90 bits per heavy atom. The molecule has 1 aliphatic heterocycles. The first-order chi connectivity index (χ1) is 14.4. The second-order valence-corrected chi connectivity index (χ2v) is 8.45. The third-order valence-corrected chi connectivity index (χ3v) is 5.51. The van der Waals surface area contributed by atoms with Gasteiger partial charge in [0.2, 0.25) is 0 Å². The Hall–Kier alpha value is -2.54. The molecule has 1 aromatic carbocycles. The second kappa shape index (κ2) is 10.2. The van der Waals surface area contributed by atoms with Crippen molar-refractivity contribution >= 4 is 28.0 Å². The molecule has 1 saturated heterocycles. The van der Waals surface area contributed by atoms with Crippen LogP contribution in [0.3, 0.4) is 0 Å². The van der Waals surface area contributed by atoms with Crippen LogP contribution in [0, 0.1) is 6.92 Å². The van der Waals surface area contributed by atoms with E-state index in [1.165, 1.54) is 12.1 Å². The van der Waals surface area contributed by atoms with Crippen LogP contribution in [0.5, 0.6) is 0 Å². The molecule has 5 atom stereocenters. The molecule has 1 heterocycles. The van der Waals surface area contributed by atoms with Crippen LogP contribution in [0.1, 0.15) is 26.3 Å². The van der Waals surface area contributed by atoms with Crippen molar-refractivity contribution in [3.05, 3.63) is 29.8 Å². The summed E-state index contributed by atoms with van der Waals surface area (Å²) in [6, 6.07) is 5.87. The maximum atomic E-state index is 12.5. The van der Waals surface area contributed by atoms with Crippen LogP contribution >= 0.6 is 0 Å². The SMILES string of the molecule is CC(=O)O[C@@H]1[C@@H](OC(C)=O)[C@@H](O)O[C@H](COS(=O)(=O)c2ccc(C)cc2)[C@@H]1OC(C)=O. The van der Waals surface area contributed by atoms with Crippen molar-refractivity contribution in [2.75, 3.05) is 6.61 Å². The lowest BCUT2D eigenvalue weighted by Crippen LogP contribution is -2.62. The van der Waals surface area contributed by atoms with Gasteiger partial charge < -0.3 is 24.1 Å². The molecular weight excluding hydrogens is 436 g/mol. The van der Waals surface area contributed by atoms with E-state index < -0.39 is 65.3 Å². The molecule has 172 valence electrons. The van der Waals surface area contributed by atoms with Crippen molar-refractivity contribution in [2.24, 2.45) is 0 Å². The summed E-state index contributed by atoms with van der Waals surface area (Å²) >= 11 is 0. The number of benzene rings is 1. The summed E-state index contributed by atoms with van der Waals surface area (Å²) in [5.74, 6) is -2.45. The number of aliphatic hydroxyl groups excluding tert-OH is 1. The van der Waals surface area contributed by atoms with Crippen molar-refractivity contribution in [1.82, 2.24) is 0 Å². The van der Waals surface area contributed by atoms with Gasteiger partial charge >= 0.3 is 17.9 Å². The predicted molar refractivity (Wildman–Crippen MR) is 102 cm³/mol. The third kappa shape index (κ3) is 6.72. The fourth-order valence-electron chi connectivity index (χ4n) is 2.94. The minimum atomic E-state index is -4.21. The van der Waals surface area contributed by atoms with E-state index in [0.29, 0.717) is 0 Å². The number of esters is 3. The van der Waals surface area contributed by atoms with Gasteiger partial charge in [-0.2, -0.15) is 8.42 Å². The highest BCUT2D eigenvalue weighted by Gasteiger charge is 2.51.